The predicted octanol–water partition coefficient (Wildman–Crippen LogP) is 4.43. The van der Waals surface area contributed by atoms with Crippen LogP contribution in [0.2, 0.25) is 0 Å². The lowest BCUT2D eigenvalue weighted by Gasteiger charge is -2.28. The first-order chi connectivity index (χ1) is 17.0. The van der Waals surface area contributed by atoms with Gasteiger partial charge >= 0.3 is 0 Å². The molecule has 0 aromatic heterocycles. The zero-order valence-corrected chi connectivity index (χ0v) is 18.9. The molecule has 0 unspecified atom stereocenters. The molecule has 5 rings (SSSR count). The van der Waals surface area contributed by atoms with Crippen LogP contribution in [0, 0.1) is 16.0 Å². The summed E-state index contributed by atoms with van der Waals surface area (Å²) in [6.45, 7) is 2.56. The molecule has 2 aliphatic rings. The number of anilines is 2. The number of fused-ring (bicyclic) bond motifs is 1. The summed E-state index contributed by atoms with van der Waals surface area (Å²) in [6.07, 6.45) is -0.250. The van der Waals surface area contributed by atoms with Crippen molar-refractivity contribution in [2.45, 2.75) is 25.5 Å². The standard InChI is InChI=1S/C26H23N3O6/c1-2-16-34-19-14-12-17(13-15-19)27-25(30)22-23(20-10-6-7-11-21(20)29(32)33)28(35-24(22)26(27)31)18-8-4-3-5-9-18/h3-15,22-24H,2,16H2,1H3/t22-,23+,24-/m0/s1. The molecule has 2 amide bonds. The Hall–Kier alpha value is -4.24. The number of para-hydroxylation sites is 2. The fourth-order valence-electron chi connectivity index (χ4n) is 4.60. The van der Waals surface area contributed by atoms with Gasteiger partial charge in [-0.05, 0) is 48.9 Å². The van der Waals surface area contributed by atoms with Gasteiger partial charge in [0.2, 0.25) is 5.91 Å². The molecule has 2 aliphatic heterocycles. The van der Waals surface area contributed by atoms with Gasteiger partial charge < -0.3 is 4.74 Å². The van der Waals surface area contributed by atoms with Crippen molar-refractivity contribution < 1.29 is 24.1 Å². The Kier molecular flexibility index (Phi) is 5.92. The quantitative estimate of drug-likeness (QED) is 0.284. The molecule has 0 N–H and O–H groups in total. The van der Waals surface area contributed by atoms with Crippen LogP contribution < -0.4 is 14.7 Å². The third kappa shape index (κ3) is 3.89. The van der Waals surface area contributed by atoms with Gasteiger partial charge in [0.1, 0.15) is 17.7 Å². The van der Waals surface area contributed by atoms with Crippen molar-refractivity contribution in [1.29, 1.82) is 0 Å². The molecular weight excluding hydrogens is 450 g/mol. The summed E-state index contributed by atoms with van der Waals surface area (Å²) in [7, 11) is 0. The largest absolute Gasteiger partial charge is 0.494 e. The third-order valence-corrected chi connectivity index (χ3v) is 6.15. The summed E-state index contributed by atoms with van der Waals surface area (Å²) in [5, 5.41) is 13.3. The number of hydrogen-bond donors (Lipinski definition) is 0. The first kappa shape index (κ1) is 22.5. The van der Waals surface area contributed by atoms with Crippen molar-refractivity contribution in [2.24, 2.45) is 5.92 Å². The van der Waals surface area contributed by atoms with Gasteiger partial charge in [0.05, 0.1) is 28.5 Å². The molecule has 35 heavy (non-hydrogen) atoms. The van der Waals surface area contributed by atoms with Crippen molar-refractivity contribution in [3.05, 3.63) is 94.5 Å². The second kappa shape index (κ2) is 9.19. The topological polar surface area (TPSA) is 102 Å². The lowest BCUT2D eigenvalue weighted by atomic mass is 9.89. The van der Waals surface area contributed by atoms with Crippen LogP contribution in [0.3, 0.4) is 0 Å². The summed E-state index contributed by atoms with van der Waals surface area (Å²) in [6, 6.07) is 21.0. The highest BCUT2D eigenvalue weighted by Gasteiger charge is 2.61. The van der Waals surface area contributed by atoms with Crippen molar-refractivity contribution in [3.8, 4) is 5.75 Å². The van der Waals surface area contributed by atoms with E-state index in [1.807, 2.05) is 13.0 Å². The summed E-state index contributed by atoms with van der Waals surface area (Å²) in [5.41, 5.74) is 1.16. The van der Waals surface area contributed by atoms with E-state index >= 15 is 0 Å². The van der Waals surface area contributed by atoms with Crippen LogP contribution in [0.5, 0.6) is 5.75 Å². The Morgan fingerprint density at radius 2 is 1.60 bits per heavy atom. The van der Waals surface area contributed by atoms with Gasteiger partial charge in [-0.3, -0.25) is 24.5 Å². The van der Waals surface area contributed by atoms with Crippen molar-refractivity contribution in [3.63, 3.8) is 0 Å². The zero-order chi connectivity index (χ0) is 24.5. The predicted molar refractivity (Wildman–Crippen MR) is 128 cm³/mol. The average Bonchev–Trinajstić information content (AvgIpc) is 3.39. The molecule has 2 heterocycles. The molecule has 3 atom stereocenters. The van der Waals surface area contributed by atoms with E-state index < -0.39 is 34.8 Å². The maximum atomic E-state index is 13.7. The highest BCUT2D eigenvalue weighted by Crippen LogP contribution is 2.49. The summed E-state index contributed by atoms with van der Waals surface area (Å²) in [5.74, 6) is -1.30. The minimum Gasteiger partial charge on any atom is -0.494 e. The molecule has 9 heteroatoms. The molecule has 9 nitrogen and oxygen atoms in total. The summed E-state index contributed by atoms with van der Waals surface area (Å²) in [4.78, 5) is 45.6. The second-order valence-corrected chi connectivity index (χ2v) is 8.33. The number of hydrogen-bond acceptors (Lipinski definition) is 7. The van der Waals surface area contributed by atoms with Crippen LogP contribution in [0.15, 0.2) is 78.9 Å². The number of nitro groups is 1. The molecule has 2 fully saturated rings. The Labute approximate surface area is 201 Å². The SMILES string of the molecule is CCCOc1ccc(N2C(=O)[C@@H]3[C@H](ON(c4ccccc4)[C@@H]3c3ccccc3[N+](=O)[O-])C2=O)cc1. The van der Waals surface area contributed by atoms with Crippen LogP contribution in [0.1, 0.15) is 24.9 Å². The Bertz CT molecular complexity index is 1260. The molecular formula is C26H23N3O6. The van der Waals surface area contributed by atoms with Gasteiger partial charge in [-0.2, -0.15) is 0 Å². The molecule has 3 aromatic rings. The second-order valence-electron chi connectivity index (χ2n) is 8.33. The van der Waals surface area contributed by atoms with Crippen molar-refractivity contribution >= 4 is 28.9 Å². The number of nitro benzene ring substituents is 1. The van der Waals surface area contributed by atoms with E-state index in [0.717, 1.165) is 11.3 Å². The first-order valence-corrected chi connectivity index (χ1v) is 11.4. The molecule has 178 valence electrons. The lowest BCUT2D eigenvalue weighted by molar-refractivity contribution is -0.385. The van der Waals surface area contributed by atoms with Crippen LogP contribution >= 0.6 is 0 Å². The fraction of sp³-hybridized carbons (Fsp3) is 0.231. The van der Waals surface area contributed by atoms with Crippen LogP contribution in [0.4, 0.5) is 17.1 Å². The van der Waals surface area contributed by atoms with E-state index in [4.69, 9.17) is 9.57 Å². The third-order valence-electron chi connectivity index (χ3n) is 6.15. The Morgan fingerprint density at radius 1 is 0.914 bits per heavy atom. The van der Waals surface area contributed by atoms with E-state index in [1.54, 1.807) is 66.7 Å². The van der Waals surface area contributed by atoms with Gasteiger partial charge in [-0.25, -0.2) is 9.96 Å². The highest BCUT2D eigenvalue weighted by atomic mass is 16.7. The summed E-state index contributed by atoms with van der Waals surface area (Å²) >= 11 is 0. The average molecular weight is 473 g/mol. The van der Waals surface area contributed by atoms with Gasteiger partial charge in [0, 0.05) is 6.07 Å². The normalized spacial score (nSPS) is 21.3. The Morgan fingerprint density at radius 3 is 2.29 bits per heavy atom. The van der Waals surface area contributed by atoms with Gasteiger partial charge in [0.25, 0.3) is 11.6 Å². The minimum atomic E-state index is -1.11. The van der Waals surface area contributed by atoms with Crippen LogP contribution in [-0.4, -0.2) is 29.4 Å². The van der Waals surface area contributed by atoms with Crippen LogP contribution in [0.25, 0.3) is 0 Å². The lowest BCUT2D eigenvalue weighted by Crippen LogP contribution is -2.37. The number of imide groups is 1. The number of carbonyl (C=O) groups excluding carboxylic acids is 2. The minimum absolute atomic E-state index is 0.140. The number of hydroxylamine groups is 1. The highest BCUT2D eigenvalue weighted by molar-refractivity contribution is 6.24. The van der Waals surface area contributed by atoms with Gasteiger partial charge in [-0.1, -0.05) is 37.3 Å². The number of benzene rings is 3. The van der Waals surface area contributed by atoms with Gasteiger partial charge in [-0.15, -0.1) is 0 Å². The smallest absolute Gasteiger partial charge is 0.274 e. The maximum Gasteiger partial charge on any atom is 0.274 e. The fourth-order valence-corrected chi connectivity index (χ4v) is 4.60. The molecule has 0 bridgehead atoms. The van der Waals surface area contributed by atoms with Crippen LogP contribution in [-0.2, 0) is 14.4 Å². The zero-order valence-electron chi connectivity index (χ0n) is 18.9. The molecule has 0 radical (unpaired) electrons. The number of carbonyl (C=O) groups is 2. The maximum absolute atomic E-state index is 13.7. The van der Waals surface area contributed by atoms with E-state index in [9.17, 15) is 19.7 Å². The van der Waals surface area contributed by atoms with Crippen molar-refractivity contribution in [1.82, 2.24) is 0 Å². The number of nitrogens with zero attached hydrogens (tertiary/aromatic N) is 3. The number of rotatable bonds is 7. The first-order valence-electron chi connectivity index (χ1n) is 11.4. The summed E-state index contributed by atoms with van der Waals surface area (Å²) < 4.78 is 5.59. The number of ether oxygens (including phenoxy) is 1. The van der Waals surface area contributed by atoms with Gasteiger partial charge in [0.15, 0.2) is 6.10 Å². The Balaban J connectivity index is 1.55. The molecule has 0 aliphatic carbocycles. The van der Waals surface area contributed by atoms with E-state index in [-0.39, 0.29) is 5.69 Å². The van der Waals surface area contributed by atoms with Crippen molar-refractivity contribution in [2.75, 3.05) is 16.6 Å². The molecule has 0 spiro atoms. The molecule has 0 saturated carbocycles. The molecule has 3 aromatic carbocycles. The van der Waals surface area contributed by atoms with E-state index in [2.05, 4.69) is 0 Å². The monoisotopic (exact) mass is 473 g/mol. The molecule has 2 saturated heterocycles. The van der Waals surface area contributed by atoms with E-state index in [1.165, 1.54) is 11.1 Å². The van der Waals surface area contributed by atoms with E-state index in [0.29, 0.717) is 29.3 Å². The number of amides is 2.